The molecule has 1 saturated carbocycles. The first kappa shape index (κ1) is 20.9. The maximum atomic E-state index is 12.0. The van der Waals surface area contributed by atoms with Gasteiger partial charge in [-0.25, -0.2) is 4.79 Å². The predicted molar refractivity (Wildman–Crippen MR) is 110 cm³/mol. The van der Waals surface area contributed by atoms with E-state index in [0.717, 1.165) is 26.1 Å². The van der Waals surface area contributed by atoms with Crippen LogP contribution in [0.5, 0.6) is 0 Å². The Morgan fingerprint density at radius 3 is 2.52 bits per heavy atom. The second-order valence-corrected chi connectivity index (χ2v) is 9.56. The Morgan fingerprint density at radius 2 is 1.83 bits per heavy atom. The van der Waals surface area contributed by atoms with Crippen LogP contribution in [0.1, 0.15) is 51.9 Å². The zero-order valence-electron chi connectivity index (χ0n) is 18.1. The highest BCUT2D eigenvalue weighted by Gasteiger charge is 2.51. The highest BCUT2D eigenvalue weighted by Crippen LogP contribution is 2.51. The molecule has 1 amide bonds. The molecule has 164 valence electrons. The van der Waals surface area contributed by atoms with E-state index in [9.17, 15) is 9.59 Å². The number of carbonyl (C=O) groups excluding carboxylic acids is 2. The molecule has 1 atom stereocenters. The predicted octanol–water partition coefficient (Wildman–Crippen LogP) is 2.35. The molecule has 0 bridgehead atoms. The number of hydrogen-bond acceptors (Lipinski definition) is 6. The first-order valence-corrected chi connectivity index (χ1v) is 11.5. The molecule has 1 unspecified atom stereocenters. The zero-order chi connectivity index (χ0) is 20.4. The highest BCUT2D eigenvalue weighted by molar-refractivity contribution is 5.71. The summed E-state index contributed by atoms with van der Waals surface area (Å²) in [7, 11) is 1.48. The van der Waals surface area contributed by atoms with E-state index in [1.807, 2.05) is 11.8 Å². The average molecular weight is 408 g/mol. The summed E-state index contributed by atoms with van der Waals surface area (Å²) in [6, 6.07) is 1.24. The molecule has 3 heterocycles. The van der Waals surface area contributed by atoms with Gasteiger partial charge in [0, 0.05) is 25.2 Å². The van der Waals surface area contributed by atoms with E-state index >= 15 is 0 Å². The third kappa shape index (κ3) is 4.41. The van der Waals surface area contributed by atoms with Gasteiger partial charge in [0.25, 0.3) is 0 Å². The minimum absolute atomic E-state index is 0.109. The summed E-state index contributed by atoms with van der Waals surface area (Å²) in [5.74, 6) is 0.598. The van der Waals surface area contributed by atoms with E-state index in [1.54, 1.807) is 0 Å². The van der Waals surface area contributed by atoms with Crippen molar-refractivity contribution in [2.45, 2.75) is 64.0 Å². The minimum Gasteiger partial charge on any atom is -0.468 e. The largest absolute Gasteiger partial charge is 0.468 e. The fourth-order valence-electron chi connectivity index (χ4n) is 6.32. The zero-order valence-corrected chi connectivity index (χ0v) is 18.1. The molecule has 0 aromatic heterocycles. The smallest absolute Gasteiger partial charge is 0.409 e. The van der Waals surface area contributed by atoms with Crippen molar-refractivity contribution in [1.29, 1.82) is 0 Å². The van der Waals surface area contributed by atoms with Crippen LogP contribution in [0.15, 0.2) is 0 Å². The second-order valence-electron chi connectivity index (χ2n) is 9.56. The fourth-order valence-corrected chi connectivity index (χ4v) is 6.32. The van der Waals surface area contributed by atoms with Crippen molar-refractivity contribution >= 4 is 12.1 Å². The van der Waals surface area contributed by atoms with Gasteiger partial charge in [0.15, 0.2) is 0 Å². The molecule has 29 heavy (non-hydrogen) atoms. The quantitative estimate of drug-likeness (QED) is 0.652. The summed E-state index contributed by atoms with van der Waals surface area (Å²) < 4.78 is 10.1. The topological polar surface area (TPSA) is 62.3 Å². The van der Waals surface area contributed by atoms with Crippen LogP contribution < -0.4 is 0 Å². The molecule has 7 nitrogen and oxygen atoms in total. The number of amides is 1. The number of hydrogen-bond donors (Lipinski definition) is 0. The third-order valence-electron chi connectivity index (χ3n) is 7.91. The number of ether oxygens (including phenoxy) is 2. The average Bonchev–Trinajstić information content (AvgIpc) is 3.34. The van der Waals surface area contributed by atoms with Crippen molar-refractivity contribution in [3.63, 3.8) is 0 Å². The van der Waals surface area contributed by atoms with E-state index < -0.39 is 0 Å². The lowest BCUT2D eigenvalue weighted by molar-refractivity contribution is -0.142. The Balaban J connectivity index is 1.21. The molecule has 1 spiro atoms. The molecular formula is C22H37N3O4. The summed E-state index contributed by atoms with van der Waals surface area (Å²) in [5, 5.41) is 0. The van der Waals surface area contributed by atoms with E-state index in [2.05, 4.69) is 9.80 Å². The van der Waals surface area contributed by atoms with Crippen LogP contribution in [0.2, 0.25) is 0 Å². The first-order chi connectivity index (χ1) is 14.0. The van der Waals surface area contributed by atoms with Gasteiger partial charge in [-0.2, -0.15) is 0 Å². The van der Waals surface area contributed by atoms with Gasteiger partial charge in [0.05, 0.1) is 20.3 Å². The highest BCUT2D eigenvalue weighted by atomic mass is 16.6. The molecule has 4 aliphatic rings. The van der Waals surface area contributed by atoms with Crippen LogP contribution in [0.25, 0.3) is 0 Å². The second kappa shape index (κ2) is 8.80. The summed E-state index contributed by atoms with van der Waals surface area (Å²) in [6.45, 7) is 7.89. The van der Waals surface area contributed by atoms with E-state index in [-0.39, 0.29) is 12.1 Å². The van der Waals surface area contributed by atoms with Gasteiger partial charge in [-0.15, -0.1) is 0 Å². The Kier molecular flexibility index (Phi) is 6.35. The molecule has 3 saturated heterocycles. The van der Waals surface area contributed by atoms with Gasteiger partial charge in [-0.05, 0) is 82.8 Å². The molecule has 3 aliphatic heterocycles. The lowest BCUT2D eigenvalue weighted by Gasteiger charge is -2.52. The number of esters is 1. The lowest BCUT2D eigenvalue weighted by Crippen LogP contribution is -2.55. The van der Waals surface area contributed by atoms with E-state index in [0.29, 0.717) is 36.6 Å². The maximum absolute atomic E-state index is 12.0. The van der Waals surface area contributed by atoms with Gasteiger partial charge in [-0.3, -0.25) is 9.69 Å². The summed E-state index contributed by atoms with van der Waals surface area (Å²) in [4.78, 5) is 30.6. The number of methoxy groups -OCH3 is 1. The number of piperidine rings is 1. The van der Waals surface area contributed by atoms with Crippen LogP contribution in [-0.2, 0) is 14.3 Å². The molecule has 0 radical (unpaired) electrons. The van der Waals surface area contributed by atoms with Crippen LogP contribution in [0, 0.1) is 11.3 Å². The van der Waals surface area contributed by atoms with Gasteiger partial charge < -0.3 is 19.3 Å². The van der Waals surface area contributed by atoms with Crippen LogP contribution in [0.4, 0.5) is 4.79 Å². The monoisotopic (exact) mass is 407 g/mol. The summed E-state index contributed by atoms with van der Waals surface area (Å²) in [5.41, 5.74) is 0.344. The van der Waals surface area contributed by atoms with Crippen molar-refractivity contribution in [2.24, 2.45) is 11.3 Å². The standard InChI is InChI=1S/C22H37N3O4/c1-3-29-21(27)25-12-8-22(16-25)13-18(14-22)23-10-6-17(7-11-23)19-5-4-9-24(19)15-20(26)28-2/h17-19H,3-16H2,1-2H3. The number of carbonyl (C=O) groups is 2. The number of rotatable bonds is 5. The molecule has 7 heteroatoms. The Bertz CT molecular complexity index is 599. The van der Waals surface area contributed by atoms with Gasteiger partial charge in [-0.1, -0.05) is 0 Å². The van der Waals surface area contributed by atoms with Crippen molar-refractivity contribution in [3.05, 3.63) is 0 Å². The normalized spacial score (nSPS) is 33.8. The molecule has 4 rings (SSSR count). The lowest BCUT2D eigenvalue weighted by atomic mass is 9.64. The van der Waals surface area contributed by atoms with Crippen LogP contribution in [0.3, 0.4) is 0 Å². The van der Waals surface area contributed by atoms with Crippen molar-refractivity contribution < 1.29 is 19.1 Å². The Hall–Kier alpha value is -1.34. The molecule has 1 aliphatic carbocycles. The molecule has 4 fully saturated rings. The molecule has 0 N–H and O–H groups in total. The Labute approximate surface area is 174 Å². The number of likely N-dealkylation sites (tertiary alicyclic amines) is 3. The molecule has 0 aromatic rings. The SMILES string of the molecule is CCOC(=O)N1CCC2(CC(N3CCC(C4CCCN4CC(=O)OC)CC3)C2)C1. The fraction of sp³-hybridized carbons (Fsp3) is 0.909. The van der Waals surface area contributed by atoms with Gasteiger partial charge in [0.1, 0.15) is 0 Å². The summed E-state index contributed by atoms with van der Waals surface area (Å²) >= 11 is 0. The van der Waals surface area contributed by atoms with Gasteiger partial charge >= 0.3 is 12.1 Å². The third-order valence-corrected chi connectivity index (χ3v) is 7.91. The van der Waals surface area contributed by atoms with Crippen molar-refractivity contribution in [1.82, 2.24) is 14.7 Å². The van der Waals surface area contributed by atoms with Crippen molar-refractivity contribution in [2.75, 3.05) is 53.0 Å². The minimum atomic E-state index is -0.137. The summed E-state index contributed by atoms with van der Waals surface area (Å²) in [6.07, 6.45) is 8.34. The van der Waals surface area contributed by atoms with E-state index in [1.165, 1.54) is 58.7 Å². The van der Waals surface area contributed by atoms with Crippen LogP contribution >= 0.6 is 0 Å². The Morgan fingerprint density at radius 1 is 1.07 bits per heavy atom. The van der Waals surface area contributed by atoms with Gasteiger partial charge in [0.2, 0.25) is 0 Å². The van der Waals surface area contributed by atoms with Crippen LogP contribution in [-0.4, -0.2) is 91.8 Å². The van der Waals surface area contributed by atoms with E-state index in [4.69, 9.17) is 9.47 Å². The molecular weight excluding hydrogens is 370 g/mol. The number of nitrogens with zero attached hydrogens (tertiary/aromatic N) is 3. The van der Waals surface area contributed by atoms with Crippen molar-refractivity contribution in [3.8, 4) is 0 Å². The first-order valence-electron chi connectivity index (χ1n) is 11.5. The molecule has 0 aromatic carbocycles. The maximum Gasteiger partial charge on any atom is 0.409 e.